The number of hydrogen-bond acceptors (Lipinski definition) is 6. The molecule has 0 bridgehead atoms. The standard InChI is InChI=1S/C10H20O6S2/c1-3-17(11,12)15-9-7-5-6-8-10-16-18(13,14)4-2/h5-6H,3-4,7-10H2,1-2H3/b6-5+. The summed E-state index contributed by atoms with van der Waals surface area (Å²) in [5.41, 5.74) is 0. The highest BCUT2D eigenvalue weighted by molar-refractivity contribution is 7.86. The Hall–Kier alpha value is -0.440. The van der Waals surface area contributed by atoms with Crippen LogP contribution < -0.4 is 0 Å². The summed E-state index contributed by atoms with van der Waals surface area (Å²) in [7, 11) is -6.76. The van der Waals surface area contributed by atoms with Crippen LogP contribution in [0, 0.1) is 0 Å². The second-order valence-electron chi connectivity index (χ2n) is 3.39. The van der Waals surface area contributed by atoms with Gasteiger partial charge in [0, 0.05) is 0 Å². The Labute approximate surface area is 109 Å². The van der Waals surface area contributed by atoms with Gasteiger partial charge in [0.1, 0.15) is 0 Å². The zero-order chi connectivity index (χ0) is 14.1. The van der Waals surface area contributed by atoms with Gasteiger partial charge in [0.15, 0.2) is 0 Å². The van der Waals surface area contributed by atoms with Crippen molar-refractivity contribution in [3.63, 3.8) is 0 Å². The molecule has 0 spiro atoms. The van der Waals surface area contributed by atoms with E-state index in [9.17, 15) is 16.8 Å². The first-order valence-electron chi connectivity index (χ1n) is 5.72. The second kappa shape index (κ2) is 8.63. The lowest BCUT2D eigenvalue weighted by Crippen LogP contribution is -2.09. The van der Waals surface area contributed by atoms with E-state index in [1.807, 2.05) is 0 Å². The second-order valence-corrected chi connectivity index (χ2v) is 7.24. The highest BCUT2D eigenvalue weighted by Crippen LogP contribution is 1.98. The first-order valence-corrected chi connectivity index (χ1v) is 8.87. The number of rotatable bonds is 10. The van der Waals surface area contributed by atoms with Crippen LogP contribution >= 0.6 is 0 Å². The van der Waals surface area contributed by atoms with Gasteiger partial charge in [-0.2, -0.15) is 16.8 Å². The molecule has 0 saturated heterocycles. The zero-order valence-electron chi connectivity index (χ0n) is 10.7. The monoisotopic (exact) mass is 300 g/mol. The van der Waals surface area contributed by atoms with Crippen LogP contribution in [0.4, 0.5) is 0 Å². The van der Waals surface area contributed by atoms with Crippen LogP contribution in [-0.2, 0) is 28.6 Å². The van der Waals surface area contributed by atoms with Crippen molar-refractivity contribution in [1.29, 1.82) is 0 Å². The van der Waals surface area contributed by atoms with Crippen molar-refractivity contribution < 1.29 is 25.2 Å². The Morgan fingerprint density at radius 2 is 1.11 bits per heavy atom. The van der Waals surface area contributed by atoms with Crippen LogP contribution in [0.25, 0.3) is 0 Å². The van der Waals surface area contributed by atoms with Crippen molar-refractivity contribution in [3.05, 3.63) is 12.2 Å². The smallest absolute Gasteiger partial charge is 0.267 e. The lowest BCUT2D eigenvalue weighted by atomic mass is 10.3. The third-order valence-electron chi connectivity index (χ3n) is 1.97. The van der Waals surface area contributed by atoms with Crippen LogP contribution in [-0.4, -0.2) is 41.6 Å². The molecular formula is C10H20O6S2. The molecule has 108 valence electrons. The molecule has 0 rings (SSSR count). The molecule has 0 aliphatic heterocycles. The largest absolute Gasteiger partial charge is 0.270 e. The molecule has 18 heavy (non-hydrogen) atoms. The van der Waals surface area contributed by atoms with E-state index in [4.69, 9.17) is 0 Å². The summed E-state index contributed by atoms with van der Waals surface area (Å²) in [6, 6.07) is 0. The van der Waals surface area contributed by atoms with Crippen molar-refractivity contribution in [2.24, 2.45) is 0 Å². The maximum atomic E-state index is 10.9. The fraction of sp³-hybridized carbons (Fsp3) is 0.800. The van der Waals surface area contributed by atoms with E-state index in [-0.39, 0.29) is 24.7 Å². The Kier molecular flexibility index (Phi) is 8.41. The fourth-order valence-corrected chi connectivity index (χ4v) is 1.92. The van der Waals surface area contributed by atoms with Gasteiger partial charge in [-0.1, -0.05) is 12.2 Å². The zero-order valence-corrected chi connectivity index (χ0v) is 12.3. The van der Waals surface area contributed by atoms with Crippen LogP contribution in [0.15, 0.2) is 12.2 Å². The Morgan fingerprint density at radius 1 is 0.778 bits per heavy atom. The van der Waals surface area contributed by atoms with Crippen LogP contribution in [0.2, 0.25) is 0 Å². The highest BCUT2D eigenvalue weighted by atomic mass is 32.2. The molecule has 0 saturated carbocycles. The molecule has 0 amide bonds. The average molecular weight is 300 g/mol. The third kappa shape index (κ3) is 9.58. The molecule has 0 heterocycles. The van der Waals surface area contributed by atoms with Crippen molar-refractivity contribution >= 4 is 20.2 Å². The summed E-state index contributed by atoms with van der Waals surface area (Å²) in [5.74, 6) is -0.0845. The predicted octanol–water partition coefficient (Wildman–Crippen LogP) is 1.06. The van der Waals surface area contributed by atoms with Gasteiger partial charge in [-0.05, 0) is 26.7 Å². The summed E-state index contributed by atoms with van der Waals surface area (Å²) >= 11 is 0. The molecule has 0 radical (unpaired) electrons. The quantitative estimate of drug-likeness (QED) is 0.340. The van der Waals surface area contributed by atoms with E-state index in [0.29, 0.717) is 12.8 Å². The topological polar surface area (TPSA) is 86.7 Å². The van der Waals surface area contributed by atoms with Crippen molar-refractivity contribution in [2.45, 2.75) is 26.7 Å². The molecule has 8 heteroatoms. The van der Waals surface area contributed by atoms with Gasteiger partial charge in [-0.25, -0.2) is 0 Å². The van der Waals surface area contributed by atoms with Gasteiger partial charge in [0.25, 0.3) is 20.2 Å². The third-order valence-corrected chi connectivity index (χ3v) is 4.43. The minimum atomic E-state index is -3.38. The minimum Gasteiger partial charge on any atom is -0.270 e. The van der Waals surface area contributed by atoms with Gasteiger partial charge in [-0.15, -0.1) is 0 Å². The summed E-state index contributed by atoms with van der Waals surface area (Å²) in [4.78, 5) is 0. The number of hydrogen-bond donors (Lipinski definition) is 0. The SMILES string of the molecule is CCS(=O)(=O)OCC/C=C/CCOS(=O)(=O)CC. The van der Waals surface area contributed by atoms with Gasteiger partial charge < -0.3 is 0 Å². The fourth-order valence-electron chi connectivity index (χ4n) is 0.889. The normalized spacial score (nSPS) is 13.2. The molecule has 0 unspecified atom stereocenters. The molecule has 0 fully saturated rings. The summed E-state index contributed by atoms with van der Waals surface area (Å²) in [6.45, 7) is 3.22. The predicted molar refractivity (Wildman–Crippen MR) is 69.2 cm³/mol. The molecule has 0 aromatic heterocycles. The average Bonchev–Trinajstić information content (AvgIpc) is 2.32. The van der Waals surface area contributed by atoms with Crippen LogP contribution in [0.5, 0.6) is 0 Å². The van der Waals surface area contributed by atoms with Crippen molar-refractivity contribution in [1.82, 2.24) is 0 Å². The lowest BCUT2D eigenvalue weighted by molar-refractivity contribution is 0.321. The molecule has 0 aromatic rings. The lowest BCUT2D eigenvalue weighted by Gasteiger charge is -2.01. The van der Waals surface area contributed by atoms with Crippen LogP contribution in [0.1, 0.15) is 26.7 Å². The molecule has 6 nitrogen and oxygen atoms in total. The Bertz CT molecular complexity index is 393. The first-order chi connectivity index (χ1) is 8.33. The van der Waals surface area contributed by atoms with E-state index >= 15 is 0 Å². The molecular weight excluding hydrogens is 280 g/mol. The van der Waals surface area contributed by atoms with Crippen molar-refractivity contribution in [2.75, 3.05) is 24.7 Å². The van der Waals surface area contributed by atoms with Gasteiger partial charge in [0.05, 0.1) is 24.7 Å². The molecule has 0 N–H and O–H groups in total. The summed E-state index contributed by atoms with van der Waals surface area (Å²) < 4.78 is 53.1. The summed E-state index contributed by atoms with van der Waals surface area (Å²) in [5, 5.41) is 0. The molecule has 0 atom stereocenters. The molecule has 0 aromatic carbocycles. The van der Waals surface area contributed by atoms with Crippen LogP contribution in [0.3, 0.4) is 0 Å². The Morgan fingerprint density at radius 3 is 1.39 bits per heavy atom. The van der Waals surface area contributed by atoms with Crippen molar-refractivity contribution in [3.8, 4) is 0 Å². The van der Waals surface area contributed by atoms with E-state index < -0.39 is 20.2 Å². The maximum Gasteiger partial charge on any atom is 0.267 e. The van der Waals surface area contributed by atoms with E-state index in [2.05, 4.69) is 8.37 Å². The molecule has 0 aliphatic rings. The maximum absolute atomic E-state index is 10.9. The van der Waals surface area contributed by atoms with E-state index in [0.717, 1.165) is 0 Å². The van der Waals surface area contributed by atoms with Gasteiger partial charge >= 0.3 is 0 Å². The first kappa shape index (κ1) is 17.6. The van der Waals surface area contributed by atoms with E-state index in [1.54, 1.807) is 12.2 Å². The van der Waals surface area contributed by atoms with Gasteiger partial charge in [0.2, 0.25) is 0 Å². The Balaban J connectivity index is 3.63. The highest BCUT2D eigenvalue weighted by Gasteiger charge is 2.06. The minimum absolute atomic E-state index is 0.0422. The summed E-state index contributed by atoms with van der Waals surface area (Å²) in [6.07, 6.45) is 4.37. The molecule has 0 aliphatic carbocycles. The van der Waals surface area contributed by atoms with Gasteiger partial charge in [-0.3, -0.25) is 8.37 Å². The van der Waals surface area contributed by atoms with E-state index in [1.165, 1.54) is 13.8 Å².